The number of hydrogen-bond donors (Lipinski definition) is 3. The van der Waals surface area contributed by atoms with Crippen LogP contribution in [0.5, 0.6) is 0 Å². The van der Waals surface area contributed by atoms with Crippen molar-refractivity contribution in [3.8, 4) is 0 Å². The fourth-order valence-electron chi connectivity index (χ4n) is 7.63. The van der Waals surface area contributed by atoms with Crippen molar-refractivity contribution in [3.05, 3.63) is 47.5 Å². The van der Waals surface area contributed by atoms with E-state index in [0.29, 0.717) is 12.8 Å². The Morgan fingerprint density at radius 1 is 1.26 bits per heavy atom. The quantitative estimate of drug-likeness (QED) is 0.416. The molecule has 3 aliphatic rings. The van der Waals surface area contributed by atoms with E-state index in [1.54, 1.807) is 0 Å². The Morgan fingerprint density at radius 2 is 1.97 bits per heavy atom. The predicted octanol–water partition coefficient (Wildman–Crippen LogP) is 3.05. The van der Waals surface area contributed by atoms with Crippen molar-refractivity contribution >= 4 is 5.78 Å². The summed E-state index contributed by atoms with van der Waals surface area (Å²) in [5, 5.41) is 31.1. The number of hydrogen-bond acceptors (Lipinski definition) is 5. The van der Waals surface area contributed by atoms with Crippen molar-refractivity contribution in [2.75, 3.05) is 20.3 Å². The van der Waals surface area contributed by atoms with Crippen LogP contribution in [0.4, 0.5) is 0 Å². The molecule has 0 aliphatic heterocycles. The molecule has 0 saturated heterocycles. The summed E-state index contributed by atoms with van der Waals surface area (Å²) in [6.07, 6.45) is 5.04. The zero-order valence-corrected chi connectivity index (χ0v) is 18.8. The minimum Gasteiger partial charge on any atom is -0.396 e. The molecule has 0 heterocycles. The highest BCUT2D eigenvalue weighted by atomic mass is 16.6. The van der Waals surface area contributed by atoms with Crippen LogP contribution in [0, 0.1) is 28.6 Å². The van der Waals surface area contributed by atoms with Gasteiger partial charge in [-0.2, -0.15) is 0 Å². The second-order valence-corrected chi connectivity index (χ2v) is 9.96. The van der Waals surface area contributed by atoms with Crippen molar-refractivity contribution < 1.29 is 24.9 Å². The Hall–Kier alpha value is -1.53. The topological polar surface area (TPSA) is 87.0 Å². The first-order chi connectivity index (χ1) is 14.8. The van der Waals surface area contributed by atoms with Crippen molar-refractivity contribution in [2.45, 2.75) is 57.7 Å². The number of methoxy groups -OCH3 is 1. The van der Waals surface area contributed by atoms with Gasteiger partial charge in [0, 0.05) is 38.1 Å². The van der Waals surface area contributed by atoms with Gasteiger partial charge in [0.2, 0.25) is 0 Å². The summed E-state index contributed by atoms with van der Waals surface area (Å²) < 4.78 is 5.77. The molecule has 0 spiro atoms. The maximum atomic E-state index is 14.1. The van der Waals surface area contributed by atoms with E-state index in [1.807, 2.05) is 18.2 Å². The SMILES string of the molecule is C=C1[C@H]2[C@H](CO)[C@@H]3CCC[C@]1(C)[C@@]3(C(=O)CCc1cccc(CCCO)c1)[C@]2(O)OC. The molecule has 3 fully saturated rings. The van der Waals surface area contributed by atoms with Gasteiger partial charge in [-0.25, -0.2) is 0 Å². The summed E-state index contributed by atoms with van der Waals surface area (Å²) in [5.74, 6) is -2.29. The summed E-state index contributed by atoms with van der Waals surface area (Å²) >= 11 is 0. The second kappa shape index (κ2) is 8.11. The van der Waals surface area contributed by atoms with E-state index in [2.05, 4.69) is 19.6 Å². The lowest BCUT2D eigenvalue weighted by Crippen LogP contribution is -2.61. The van der Waals surface area contributed by atoms with Gasteiger partial charge in [0.25, 0.3) is 0 Å². The third-order valence-electron chi connectivity index (χ3n) is 8.85. The zero-order valence-electron chi connectivity index (χ0n) is 18.8. The number of carbonyl (C=O) groups excluding carboxylic acids is 1. The number of aliphatic hydroxyl groups is 3. The summed E-state index contributed by atoms with van der Waals surface area (Å²) in [4.78, 5) is 14.1. The lowest BCUT2D eigenvalue weighted by Gasteiger charge is -2.55. The Morgan fingerprint density at radius 3 is 2.61 bits per heavy atom. The van der Waals surface area contributed by atoms with E-state index in [1.165, 1.54) is 7.11 Å². The molecule has 4 rings (SSSR count). The lowest BCUT2D eigenvalue weighted by atomic mass is 9.47. The van der Waals surface area contributed by atoms with E-state index < -0.39 is 22.5 Å². The summed E-state index contributed by atoms with van der Waals surface area (Å²) in [6.45, 7) is 6.50. The van der Waals surface area contributed by atoms with Crippen LogP contribution in [0.25, 0.3) is 0 Å². The number of aryl methyl sites for hydroxylation is 2. The van der Waals surface area contributed by atoms with Crippen molar-refractivity contribution in [2.24, 2.45) is 28.6 Å². The van der Waals surface area contributed by atoms with Gasteiger partial charge in [-0.1, -0.05) is 49.8 Å². The Labute approximate surface area is 185 Å². The van der Waals surface area contributed by atoms with E-state index in [9.17, 15) is 15.0 Å². The van der Waals surface area contributed by atoms with E-state index in [0.717, 1.165) is 48.8 Å². The normalized spacial score (nSPS) is 38.6. The molecule has 0 amide bonds. The van der Waals surface area contributed by atoms with Gasteiger partial charge < -0.3 is 20.1 Å². The van der Waals surface area contributed by atoms with Gasteiger partial charge in [-0.15, -0.1) is 0 Å². The molecule has 6 atom stereocenters. The van der Waals surface area contributed by atoms with Gasteiger partial charge in [-0.3, -0.25) is 4.79 Å². The number of rotatable bonds is 9. The summed E-state index contributed by atoms with van der Waals surface area (Å²) in [7, 11) is 1.48. The fraction of sp³-hybridized carbons (Fsp3) is 0.654. The molecule has 2 bridgehead atoms. The Balaban J connectivity index is 1.66. The van der Waals surface area contributed by atoms with Gasteiger partial charge in [0.05, 0.1) is 5.41 Å². The third-order valence-corrected chi connectivity index (χ3v) is 8.85. The first-order valence-electron chi connectivity index (χ1n) is 11.6. The number of fused-ring (bicyclic) bond motifs is 1. The standard InChI is InChI=1S/C26H36O5/c1-17-23-20(16-28)21-10-5-13-24(17,2)25(21,26(23,30)31-3)22(29)12-11-19-8-4-7-18(15-19)9-6-14-27/h4,7-8,15,20-21,23,27-28,30H,1,5-6,9-14,16H2,2-3H3/t20-,21+,23+,24+,25-,26-/m1/s1. The second-order valence-electron chi connectivity index (χ2n) is 9.96. The maximum Gasteiger partial charge on any atom is 0.185 e. The fourth-order valence-corrected chi connectivity index (χ4v) is 7.63. The van der Waals surface area contributed by atoms with Crippen LogP contribution in [0.15, 0.2) is 36.4 Å². The van der Waals surface area contributed by atoms with E-state index in [4.69, 9.17) is 9.84 Å². The van der Waals surface area contributed by atoms with Crippen molar-refractivity contribution in [3.63, 3.8) is 0 Å². The van der Waals surface area contributed by atoms with Crippen LogP contribution in [-0.4, -0.2) is 47.2 Å². The highest BCUT2D eigenvalue weighted by Gasteiger charge is 2.84. The largest absolute Gasteiger partial charge is 0.396 e. The molecular formula is C26H36O5. The molecule has 3 aliphatic carbocycles. The molecule has 0 unspecified atom stereocenters. The number of aliphatic hydroxyl groups excluding tert-OH is 2. The highest BCUT2D eigenvalue weighted by Crippen LogP contribution is 2.79. The Kier molecular flexibility index (Phi) is 5.93. The molecule has 5 heteroatoms. The molecule has 3 N–H and O–H groups in total. The van der Waals surface area contributed by atoms with Crippen LogP contribution in [0.3, 0.4) is 0 Å². The minimum atomic E-state index is -1.61. The molecule has 170 valence electrons. The van der Waals surface area contributed by atoms with Gasteiger partial charge in [-0.05, 0) is 55.1 Å². The number of Topliss-reactive ketones (excluding diaryl/α,β-unsaturated/α-hetero) is 1. The smallest absolute Gasteiger partial charge is 0.185 e. The highest BCUT2D eigenvalue weighted by molar-refractivity contribution is 5.90. The van der Waals surface area contributed by atoms with Crippen LogP contribution < -0.4 is 0 Å². The molecular weight excluding hydrogens is 392 g/mol. The van der Waals surface area contributed by atoms with Crippen LogP contribution in [0.2, 0.25) is 0 Å². The van der Waals surface area contributed by atoms with Gasteiger partial charge in [0.1, 0.15) is 5.78 Å². The summed E-state index contributed by atoms with van der Waals surface area (Å²) in [6, 6.07) is 8.17. The number of ketones is 1. The Bertz CT molecular complexity index is 865. The number of benzene rings is 1. The predicted molar refractivity (Wildman–Crippen MR) is 118 cm³/mol. The monoisotopic (exact) mass is 428 g/mol. The maximum absolute atomic E-state index is 14.1. The molecule has 5 nitrogen and oxygen atoms in total. The van der Waals surface area contributed by atoms with Crippen LogP contribution in [-0.2, 0) is 22.4 Å². The van der Waals surface area contributed by atoms with E-state index >= 15 is 0 Å². The van der Waals surface area contributed by atoms with Crippen LogP contribution in [0.1, 0.15) is 50.2 Å². The number of ether oxygens (including phenoxy) is 1. The van der Waals surface area contributed by atoms with Gasteiger partial charge >= 0.3 is 0 Å². The minimum absolute atomic E-state index is 0.0319. The average molecular weight is 429 g/mol. The van der Waals surface area contributed by atoms with Gasteiger partial charge in [0.15, 0.2) is 5.79 Å². The molecule has 1 aromatic carbocycles. The summed E-state index contributed by atoms with van der Waals surface area (Å²) in [5.41, 5.74) is 1.53. The lowest BCUT2D eigenvalue weighted by molar-refractivity contribution is -0.265. The first kappa shape index (κ1) is 22.7. The third kappa shape index (κ3) is 2.86. The zero-order chi connectivity index (χ0) is 22.4. The van der Waals surface area contributed by atoms with Crippen LogP contribution >= 0.6 is 0 Å². The molecule has 0 radical (unpaired) electrons. The molecule has 1 aromatic rings. The molecule has 0 aromatic heterocycles. The first-order valence-corrected chi connectivity index (χ1v) is 11.6. The molecule has 3 saturated carbocycles. The molecule has 31 heavy (non-hydrogen) atoms. The van der Waals surface area contributed by atoms with E-state index in [-0.39, 0.29) is 30.8 Å². The van der Waals surface area contributed by atoms with Crippen molar-refractivity contribution in [1.82, 2.24) is 0 Å². The van der Waals surface area contributed by atoms with Crippen molar-refractivity contribution in [1.29, 1.82) is 0 Å². The number of carbonyl (C=O) groups is 1. The average Bonchev–Trinajstić information content (AvgIpc) is 3.10.